The number of morpholine rings is 1. The largest absolute Gasteiger partial charge is 0.394 e. The summed E-state index contributed by atoms with van der Waals surface area (Å²) in [5.41, 5.74) is 1.99. The summed E-state index contributed by atoms with van der Waals surface area (Å²) in [6.07, 6.45) is 2.81. The Morgan fingerprint density at radius 1 is 1.59 bits per heavy atom. The van der Waals surface area contributed by atoms with E-state index in [1.807, 2.05) is 12.3 Å². The Kier molecular flexibility index (Phi) is 5.92. The molecule has 2 N–H and O–H groups in total. The van der Waals surface area contributed by atoms with Gasteiger partial charge in [0.25, 0.3) is 0 Å². The van der Waals surface area contributed by atoms with E-state index >= 15 is 0 Å². The van der Waals surface area contributed by atoms with E-state index in [4.69, 9.17) is 4.74 Å². The number of nitrogens with one attached hydrogen (secondary N) is 1. The lowest BCUT2D eigenvalue weighted by atomic mass is 9.95. The zero-order chi connectivity index (χ0) is 16.2. The minimum Gasteiger partial charge on any atom is -0.394 e. The number of pyridine rings is 1. The van der Waals surface area contributed by atoms with E-state index in [9.17, 15) is 5.11 Å². The van der Waals surface area contributed by atoms with Crippen LogP contribution < -0.4 is 5.32 Å². The Hall–Kier alpha value is -1.01. The first kappa shape index (κ1) is 17.3. The van der Waals surface area contributed by atoms with Crippen LogP contribution in [-0.2, 0) is 11.2 Å². The van der Waals surface area contributed by atoms with Crippen molar-refractivity contribution < 1.29 is 9.84 Å². The smallest absolute Gasteiger partial charge is 0.0802 e. The van der Waals surface area contributed by atoms with Crippen molar-refractivity contribution in [3.63, 3.8) is 0 Å². The molecule has 5 nitrogen and oxygen atoms in total. The van der Waals surface area contributed by atoms with Gasteiger partial charge >= 0.3 is 0 Å². The van der Waals surface area contributed by atoms with Gasteiger partial charge in [-0.2, -0.15) is 0 Å². The Morgan fingerprint density at radius 2 is 2.36 bits per heavy atom. The summed E-state index contributed by atoms with van der Waals surface area (Å²) >= 11 is 0. The van der Waals surface area contributed by atoms with Crippen molar-refractivity contribution in [2.24, 2.45) is 0 Å². The second-order valence-corrected chi connectivity index (χ2v) is 6.36. The van der Waals surface area contributed by atoms with E-state index in [2.05, 4.69) is 49.1 Å². The fourth-order valence-electron chi connectivity index (χ4n) is 3.07. The van der Waals surface area contributed by atoms with Crippen LogP contribution in [0, 0.1) is 0 Å². The van der Waals surface area contributed by atoms with Gasteiger partial charge in [0.1, 0.15) is 0 Å². The van der Waals surface area contributed by atoms with Crippen molar-refractivity contribution in [2.75, 3.05) is 33.4 Å². The first-order chi connectivity index (χ1) is 10.5. The molecular weight excluding hydrogens is 278 g/mol. The number of hydrogen-bond donors (Lipinski definition) is 2. The number of aryl methyl sites for hydroxylation is 1. The van der Waals surface area contributed by atoms with Crippen molar-refractivity contribution in [3.05, 3.63) is 29.6 Å². The van der Waals surface area contributed by atoms with Crippen molar-refractivity contribution in [1.29, 1.82) is 0 Å². The molecule has 1 aromatic rings. The third-order valence-corrected chi connectivity index (χ3v) is 4.89. The van der Waals surface area contributed by atoms with Crippen LogP contribution in [0.1, 0.15) is 38.1 Å². The molecule has 2 heterocycles. The number of hydrogen-bond acceptors (Lipinski definition) is 5. The highest BCUT2D eigenvalue weighted by Gasteiger charge is 2.40. The molecule has 5 heteroatoms. The molecule has 1 saturated heterocycles. The maximum Gasteiger partial charge on any atom is 0.0802 e. The van der Waals surface area contributed by atoms with E-state index < -0.39 is 0 Å². The third-order valence-electron chi connectivity index (χ3n) is 4.89. The van der Waals surface area contributed by atoms with Gasteiger partial charge in [0.15, 0.2) is 0 Å². The summed E-state index contributed by atoms with van der Waals surface area (Å²) in [6, 6.07) is 4.55. The zero-order valence-corrected chi connectivity index (χ0v) is 14.2. The van der Waals surface area contributed by atoms with Gasteiger partial charge < -0.3 is 15.2 Å². The quantitative estimate of drug-likeness (QED) is 0.831. The molecule has 1 aliphatic rings. The van der Waals surface area contributed by atoms with Crippen LogP contribution in [-0.4, -0.2) is 60.0 Å². The van der Waals surface area contributed by atoms with E-state index in [0.29, 0.717) is 25.8 Å². The molecule has 2 rings (SSSR count). The van der Waals surface area contributed by atoms with Crippen molar-refractivity contribution in [2.45, 2.75) is 44.8 Å². The van der Waals surface area contributed by atoms with Crippen LogP contribution in [0.2, 0.25) is 0 Å². The second kappa shape index (κ2) is 7.51. The third kappa shape index (κ3) is 3.49. The highest BCUT2D eigenvalue weighted by atomic mass is 16.5. The minimum atomic E-state index is -0.368. The molecule has 0 bridgehead atoms. The van der Waals surface area contributed by atoms with E-state index in [1.165, 1.54) is 5.56 Å². The first-order valence-electron chi connectivity index (χ1n) is 8.12. The normalized spacial score (nSPS) is 27.8. The van der Waals surface area contributed by atoms with Crippen LogP contribution in [0.3, 0.4) is 0 Å². The van der Waals surface area contributed by atoms with Gasteiger partial charge in [0.2, 0.25) is 0 Å². The molecule has 0 spiro atoms. The molecule has 0 aromatic carbocycles. The Morgan fingerprint density at radius 3 is 3.05 bits per heavy atom. The predicted octanol–water partition coefficient (Wildman–Crippen LogP) is 1.38. The molecular formula is C17H29N3O2. The highest BCUT2D eigenvalue weighted by Crippen LogP contribution is 2.23. The predicted molar refractivity (Wildman–Crippen MR) is 87.9 cm³/mol. The Balaban J connectivity index is 2.07. The van der Waals surface area contributed by atoms with Gasteiger partial charge in [-0.15, -0.1) is 0 Å². The molecule has 1 aliphatic heterocycles. The average molecular weight is 307 g/mol. The summed E-state index contributed by atoms with van der Waals surface area (Å²) < 4.78 is 5.68. The van der Waals surface area contributed by atoms with E-state index in [1.54, 1.807) is 0 Å². The van der Waals surface area contributed by atoms with E-state index in [0.717, 1.165) is 12.1 Å². The minimum absolute atomic E-state index is 0.0798. The lowest BCUT2D eigenvalue weighted by Gasteiger charge is -2.47. The van der Waals surface area contributed by atoms with Crippen molar-refractivity contribution in [1.82, 2.24) is 15.2 Å². The number of likely N-dealkylation sites (N-methyl/N-ethyl adjacent to an activating group) is 1. The topological polar surface area (TPSA) is 57.6 Å². The Labute approximate surface area is 133 Å². The molecule has 0 amide bonds. The number of aliphatic hydroxyl groups is 1. The number of aliphatic hydroxyl groups excluding tert-OH is 1. The summed E-state index contributed by atoms with van der Waals surface area (Å²) in [7, 11) is 2.06. The van der Waals surface area contributed by atoms with Crippen LogP contribution in [0.15, 0.2) is 18.3 Å². The number of aromatic nitrogens is 1. The first-order valence-corrected chi connectivity index (χ1v) is 8.12. The molecule has 124 valence electrons. The summed E-state index contributed by atoms with van der Waals surface area (Å²) in [5, 5.41) is 13.5. The summed E-state index contributed by atoms with van der Waals surface area (Å²) in [4.78, 5) is 6.76. The standard InChI is InChI=1S/C17H29N3O2/c1-5-15-7-6-8-18-16(15)14(3)19-10-17(11-21)12-22-9-13(2)20(17)4/h6-8,13-14,19,21H,5,9-12H2,1-4H3/t13-,14?,17+/m1/s1. The maximum absolute atomic E-state index is 9.94. The molecule has 22 heavy (non-hydrogen) atoms. The molecule has 0 saturated carbocycles. The number of rotatable bonds is 6. The molecule has 0 aliphatic carbocycles. The van der Waals surface area contributed by atoms with Gasteiger partial charge in [0.05, 0.1) is 31.1 Å². The SMILES string of the molecule is CCc1cccnc1C(C)NC[C@]1(CO)COC[C@@H](C)N1C. The second-order valence-electron chi connectivity index (χ2n) is 6.36. The summed E-state index contributed by atoms with van der Waals surface area (Å²) in [5.74, 6) is 0. The van der Waals surface area contributed by atoms with E-state index in [-0.39, 0.29) is 18.2 Å². The van der Waals surface area contributed by atoms with Crippen LogP contribution in [0.25, 0.3) is 0 Å². The number of nitrogens with zero attached hydrogens (tertiary/aromatic N) is 2. The van der Waals surface area contributed by atoms with Crippen molar-refractivity contribution >= 4 is 0 Å². The monoisotopic (exact) mass is 307 g/mol. The van der Waals surface area contributed by atoms with Gasteiger partial charge in [-0.05, 0) is 38.9 Å². The van der Waals surface area contributed by atoms with Crippen LogP contribution in [0.4, 0.5) is 0 Å². The fraction of sp³-hybridized carbons (Fsp3) is 0.706. The molecule has 1 fully saturated rings. The molecule has 0 radical (unpaired) electrons. The average Bonchev–Trinajstić information content (AvgIpc) is 2.56. The molecule has 3 atom stereocenters. The van der Waals surface area contributed by atoms with Gasteiger partial charge in [-0.3, -0.25) is 9.88 Å². The van der Waals surface area contributed by atoms with Crippen LogP contribution in [0.5, 0.6) is 0 Å². The number of ether oxygens (including phenoxy) is 1. The van der Waals surface area contributed by atoms with Gasteiger partial charge in [0, 0.05) is 24.8 Å². The Bertz CT molecular complexity index is 483. The zero-order valence-electron chi connectivity index (χ0n) is 14.2. The fourth-order valence-corrected chi connectivity index (χ4v) is 3.07. The lowest BCUT2D eigenvalue weighted by molar-refractivity contribution is -0.106. The molecule has 1 aromatic heterocycles. The van der Waals surface area contributed by atoms with Gasteiger partial charge in [-0.1, -0.05) is 13.0 Å². The van der Waals surface area contributed by atoms with Gasteiger partial charge in [-0.25, -0.2) is 0 Å². The maximum atomic E-state index is 9.94. The highest BCUT2D eigenvalue weighted by molar-refractivity contribution is 5.22. The molecule has 1 unspecified atom stereocenters. The van der Waals surface area contributed by atoms with Crippen LogP contribution >= 0.6 is 0 Å². The lowest BCUT2D eigenvalue weighted by Crippen LogP contribution is -2.65. The van der Waals surface area contributed by atoms with Crippen molar-refractivity contribution in [3.8, 4) is 0 Å². The summed E-state index contributed by atoms with van der Waals surface area (Å²) in [6.45, 7) is 8.41.